The summed E-state index contributed by atoms with van der Waals surface area (Å²) in [5.41, 5.74) is 4.71. The number of carboxylic acids is 1. The lowest BCUT2D eigenvalue weighted by Crippen LogP contribution is -2.44. The Hall–Kier alpha value is -3.61. The van der Waals surface area contributed by atoms with E-state index >= 15 is 0 Å². The highest BCUT2D eigenvalue weighted by Gasteiger charge is 2.32. The fraction of sp³-hybridized carbons (Fsp3) is 0.393. The molecule has 1 fully saturated rings. The number of carbonyl (C=O) groups excluding carboxylic acids is 2. The molecule has 0 bridgehead atoms. The number of benzene rings is 2. The van der Waals surface area contributed by atoms with Crippen molar-refractivity contribution in [2.75, 3.05) is 6.61 Å². The Morgan fingerprint density at radius 2 is 1.57 bits per heavy atom. The molecule has 4 atom stereocenters. The number of fused-ring (bicyclic) bond motifs is 3. The normalized spacial score (nSPS) is 24.9. The lowest BCUT2D eigenvalue weighted by molar-refractivity contribution is -0.140. The molecule has 7 nitrogen and oxygen atoms in total. The molecule has 5 rings (SSSR count). The second-order valence-electron chi connectivity index (χ2n) is 9.71. The topological polar surface area (TPSA) is 105 Å². The Morgan fingerprint density at radius 1 is 0.886 bits per heavy atom. The molecule has 182 valence electrons. The lowest BCUT2D eigenvalue weighted by Gasteiger charge is -2.29. The number of carboxylic acid groups (broad SMARTS) is 1. The minimum atomic E-state index is -0.872. The Kier molecular flexibility index (Phi) is 6.57. The van der Waals surface area contributed by atoms with Gasteiger partial charge in [-0.15, -0.1) is 0 Å². The monoisotopic (exact) mass is 474 g/mol. The van der Waals surface area contributed by atoms with Gasteiger partial charge in [-0.25, -0.2) is 4.79 Å². The number of hydrogen-bond donors (Lipinski definition) is 3. The van der Waals surface area contributed by atoms with Gasteiger partial charge in [0.2, 0.25) is 5.91 Å². The summed E-state index contributed by atoms with van der Waals surface area (Å²) < 4.78 is 5.66. The van der Waals surface area contributed by atoms with E-state index in [1.165, 1.54) is 22.3 Å². The zero-order chi connectivity index (χ0) is 24.4. The maximum Gasteiger partial charge on any atom is 0.407 e. The number of nitrogens with one attached hydrogen (secondary N) is 2. The van der Waals surface area contributed by atoms with Gasteiger partial charge in [0.1, 0.15) is 6.61 Å². The first kappa shape index (κ1) is 23.1. The third-order valence-corrected chi connectivity index (χ3v) is 7.44. The van der Waals surface area contributed by atoms with Crippen LogP contribution in [0.25, 0.3) is 11.1 Å². The molecule has 0 radical (unpaired) electrons. The molecule has 1 saturated carbocycles. The fourth-order valence-electron chi connectivity index (χ4n) is 5.66. The first-order valence-corrected chi connectivity index (χ1v) is 12.3. The Labute approximate surface area is 204 Å². The Bertz CT molecular complexity index is 1110. The van der Waals surface area contributed by atoms with E-state index in [1.54, 1.807) is 12.2 Å². The number of alkyl carbamates (subject to hydrolysis) is 1. The van der Waals surface area contributed by atoms with Crippen LogP contribution in [0.5, 0.6) is 0 Å². The average Bonchev–Trinajstić information content (AvgIpc) is 3.46. The van der Waals surface area contributed by atoms with Gasteiger partial charge < -0.3 is 20.5 Å². The summed E-state index contributed by atoms with van der Waals surface area (Å²) in [5, 5.41) is 15.0. The molecular weight excluding hydrogens is 444 g/mol. The summed E-state index contributed by atoms with van der Waals surface area (Å²) in [6, 6.07) is 16.1. The smallest absolute Gasteiger partial charge is 0.407 e. The van der Waals surface area contributed by atoms with Crippen molar-refractivity contribution in [3.63, 3.8) is 0 Å². The summed E-state index contributed by atoms with van der Waals surface area (Å²) >= 11 is 0. The van der Waals surface area contributed by atoms with Crippen molar-refractivity contribution >= 4 is 18.0 Å². The molecule has 35 heavy (non-hydrogen) atoms. The number of ether oxygens (including phenoxy) is 1. The molecule has 2 amide bonds. The molecule has 3 N–H and O–H groups in total. The van der Waals surface area contributed by atoms with Crippen molar-refractivity contribution in [1.29, 1.82) is 0 Å². The third kappa shape index (κ3) is 4.94. The van der Waals surface area contributed by atoms with Crippen molar-refractivity contribution in [2.24, 2.45) is 11.8 Å². The third-order valence-electron chi connectivity index (χ3n) is 7.44. The van der Waals surface area contributed by atoms with Crippen LogP contribution >= 0.6 is 0 Å². The van der Waals surface area contributed by atoms with E-state index in [2.05, 4.69) is 34.9 Å². The van der Waals surface area contributed by atoms with Crippen molar-refractivity contribution in [2.45, 2.75) is 50.1 Å². The van der Waals surface area contributed by atoms with E-state index in [4.69, 9.17) is 9.84 Å². The Morgan fingerprint density at radius 3 is 2.23 bits per heavy atom. The molecule has 3 aliphatic rings. The van der Waals surface area contributed by atoms with Gasteiger partial charge in [0.15, 0.2) is 0 Å². The molecule has 2 aromatic rings. The van der Waals surface area contributed by atoms with Crippen LogP contribution in [-0.2, 0) is 14.3 Å². The number of rotatable bonds is 6. The van der Waals surface area contributed by atoms with E-state index in [9.17, 15) is 14.4 Å². The van der Waals surface area contributed by atoms with Gasteiger partial charge in [-0.05, 0) is 47.9 Å². The van der Waals surface area contributed by atoms with Crippen LogP contribution in [0.3, 0.4) is 0 Å². The highest BCUT2D eigenvalue weighted by Crippen LogP contribution is 2.44. The number of aliphatic carboxylic acids is 1. The van der Waals surface area contributed by atoms with Crippen molar-refractivity contribution in [3.05, 3.63) is 71.8 Å². The zero-order valence-corrected chi connectivity index (χ0v) is 19.5. The minimum Gasteiger partial charge on any atom is -0.481 e. The van der Waals surface area contributed by atoms with Gasteiger partial charge in [-0.2, -0.15) is 0 Å². The zero-order valence-electron chi connectivity index (χ0n) is 19.5. The SMILES string of the molecule is O=C(N[C@@H]1CCC[C@H](C(=O)NC2C=CC(C(=O)O)C2)C1)OCC1c2ccccc2-c2ccccc21. The van der Waals surface area contributed by atoms with Gasteiger partial charge >= 0.3 is 12.1 Å². The van der Waals surface area contributed by atoms with Crippen LogP contribution in [0, 0.1) is 11.8 Å². The molecule has 2 unspecified atom stereocenters. The first-order chi connectivity index (χ1) is 17.0. The molecule has 0 heterocycles. The maximum absolute atomic E-state index is 12.8. The van der Waals surface area contributed by atoms with Crippen molar-refractivity contribution in [3.8, 4) is 11.1 Å². The van der Waals surface area contributed by atoms with Crippen LogP contribution < -0.4 is 10.6 Å². The first-order valence-electron chi connectivity index (χ1n) is 12.3. The van der Waals surface area contributed by atoms with Crippen molar-refractivity contribution < 1.29 is 24.2 Å². The van der Waals surface area contributed by atoms with Crippen LogP contribution in [0.15, 0.2) is 60.7 Å². The summed E-state index contributed by atoms with van der Waals surface area (Å²) in [7, 11) is 0. The number of carbonyl (C=O) groups is 3. The van der Waals surface area contributed by atoms with Crippen LogP contribution in [0.4, 0.5) is 4.79 Å². The van der Waals surface area contributed by atoms with E-state index in [-0.39, 0.29) is 36.4 Å². The predicted octanol–water partition coefficient (Wildman–Crippen LogP) is 4.23. The quantitative estimate of drug-likeness (QED) is 0.544. The van der Waals surface area contributed by atoms with Gasteiger partial charge in [-0.3, -0.25) is 9.59 Å². The summed E-state index contributed by atoms with van der Waals surface area (Å²) in [5.74, 6) is -1.70. The van der Waals surface area contributed by atoms with E-state index in [0.29, 0.717) is 12.8 Å². The standard InChI is InChI=1S/C28H30N2O5/c31-26(29-20-13-12-18(15-20)27(32)33)17-6-5-7-19(14-17)30-28(34)35-16-25-23-10-3-1-8-21(23)22-9-2-4-11-24(22)25/h1-4,8-13,17-20,25H,5-7,14-16H2,(H,29,31)(H,30,34)(H,32,33)/t17-,18?,19+,20?/m0/s1. The molecule has 3 aliphatic carbocycles. The maximum atomic E-state index is 12.8. The summed E-state index contributed by atoms with van der Waals surface area (Å²) in [6.07, 6.45) is 6.27. The molecule has 0 spiro atoms. The van der Waals surface area contributed by atoms with Crippen LogP contribution in [-0.4, -0.2) is 41.8 Å². The van der Waals surface area contributed by atoms with E-state index in [1.807, 2.05) is 24.3 Å². The Balaban J connectivity index is 1.13. The van der Waals surface area contributed by atoms with Gasteiger partial charge in [-0.1, -0.05) is 67.1 Å². The second-order valence-corrected chi connectivity index (χ2v) is 9.71. The van der Waals surface area contributed by atoms with Gasteiger partial charge in [0, 0.05) is 23.9 Å². The highest BCUT2D eigenvalue weighted by molar-refractivity contribution is 5.81. The fourth-order valence-corrected chi connectivity index (χ4v) is 5.66. The van der Waals surface area contributed by atoms with E-state index in [0.717, 1.165) is 19.3 Å². The van der Waals surface area contributed by atoms with Crippen LogP contribution in [0.2, 0.25) is 0 Å². The molecular formula is C28H30N2O5. The molecule has 0 saturated heterocycles. The van der Waals surface area contributed by atoms with Crippen molar-refractivity contribution in [1.82, 2.24) is 10.6 Å². The average molecular weight is 475 g/mol. The molecule has 0 aliphatic heterocycles. The molecule has 0 aromatic heterocycles. The van der Waals surface area contributed by atoms with Gasteiger partial charge in [0.05, 0.1) is 5.92 Å². The summed E-state index contributed by atoms with van der Waals surface area (Å²) in [4.78, 5) is 36.5. The lowest BCUT2D eigenvalue weighted by atomic mass is 9.85. The van der Waals surface area contributed by atoms with Crippen LogP contribution in [0.1, 0.15) is 49.1 Å². The molecule has 7 heteroatoms. The van der Waals surface area contributed by atoms with E-state index < -0.39 is 18.0 Å². The summed E-state index contributed by atoms with van der Waals surface area (Å²) in [6.45, 7) is 0.259. The molecule has 2 aromatic carbocycles. The minimum absolute atomic E-state index is 0.00660. The highest BCUT2D eigenvalue weighted by atomic mass is 16.5. The number of hydrogen-bond acceptors (Lipinski definition) is 4. The second kappa shape index (κ2) is 9.94. The number of amides is 2. The largest absolute Gasteiger partial charge is 0.481 e. The van der Waals surface area contributed by atoms with Gasteiger partial charge in [0.25, 0.3) is 0 Å². The predicted molar refractivity (Wildman–Crippen MR) is 131 cm³/mol.